The fourth-order valence-corrected chi connectivity index (χ4v) is 3.73. The third-order valence-electron chi connectivity index (χ3n) is 5.20. The first-order valence-corrected chi connectivity index (χ1v) is 9.10. The average molecular weight is 338 g/mol. The third kappa shape index (κ3) is 3.65. The molecule has 4 heterocycles. The maximum atomic E-state index is 4.63. The lowest BCUT2D eigenvalue weighted by Gasteiger charge is -2.36. The normalized spacial score (nSPS) is 19.0. The second-order valence-corrected chi connectivity index (χ2v) is 7.14. The highest BCUT2D eigenvalue weighted by atomic mass is 15.3. The summed E-state index contributed by atoms with van der Waals surface area (Å²) in [6, 6.07) is 6.24. The van der Waals surface area contributed by atoms with Crippen LogP contribution in [0.15, 0.2) is 24.5 Å². The van der Waals surface area contributed by atoms with Gasteiger partial charge in [0.1, 0.15) is 12.1 Å². The van der Waals surface area contributed by atoms with E-state index in [-0.39, 0.29) is 0 Å². The molecule has 0 atom stereocenters. The van der Waals surface area contributed by atoms with Crippen molar-refractivity contribution < 1.29 is 0 Å². The van der Waals surface area contributed by atoms with E-state index in [1.165, 1.54) is 11.3 Å². The van der Waals surface area contributed by atoms with E-state index in [0.717, 1.165) is 69.4 Å². The Labute approximate surface area is 149 Å². The summed E-state index contributed by atoms with van der Waals surface area (Å²) >= 11 is 0. The van der Waals surface area contributed by atoms with Gasteiger partial charge in [-0.05, 0) is 32.5 Å². The van der Waals surface area contributed by atoms with Gasteiger partial charge < -0.3 is 9.80 Å². The quantitative estimate of drug-likeness (QED) is 0.845. The number of pyridine rings is 1. The third-order valence-corrected chi connectivity index (χ3v) is 5.20. The Balaban J connectivity index is 1.49. The average Bonchev–Trinajstić information content (AvgIpc) is 2.62. The SMILES string of the molecule is Cc1cccc(CN2CCc3c(ncnc3N3CCN(C)CC3)C2)n1. The van der Waals surface area contributed by atoms with Crippen LogP contribution in [0, 0.1) is 6.92 Å². The lowest BCUT2D eigenvalue weighted by atomic mass is 10.0. The highest BCUT2D eigenvalue weighted by Crippen LogP contribution is 2.26. The molecular weight excluding hydrogens is 312 g/mol. The van der Waals surface area contributed by atoms with Gasteiger partial charge in [0.15, 0.2) is 0 Å². The maximum absolute atomic E-state index is 4.63. The Morgan fingerprint density at radius 3 is 2.68 bits per heavy atom. The highest BCUT2D eigenvalue weighted by molar-refractivity contribution is 5.50. The van der Waals surface area contributed by atoms with Crippen LogP contribution < -0.4 is 4.90 Å². The molecule has 0 radical (unpaired) electrons. The van der Waals surface area contributed by atoms with Gasteiger partial charge in [0.2, 0.25) is 0 Å². The van der Waals surface area contributed by atoms with Crippen LogP contribution in [0.1, 0.15) is 22.6 Å². The van der Waals surface area contributed by atoms with E-state index in [0.29, 0.717) is 0 Å². The minimum atomic E-state index is 0.883. The lowest BCUT2D eigenvalue weighted by Crippen LogP contribution is -2.45. The van der Waals surface area contributed by atoms with Crippen molar-refractivity contribution in [3.8, 4) is 0 Å². The summed E-state index contributed by atoms with van der Waals surface area (Å²) in [5.74, 6) is 1.16. The van der Waals surface area contributed by atoms with Crippen LogP contribution in [0.4, 0.5) is 5.82 Å². The summed E-state index contributed by atoms with van der Waals surface area (Å²) in [5, 5.41) is 0. The van der Waals surface area contributed by atoms with E-state index in [1.54, 1.807) is 6.33 Å². The minimum absolute atomic E-state index is 0.883. The van der Waals surface area contributed by atoms with Crippen LogP contribution in [0.5, 0.6) is 0 Å². The van der Waals surface area contributed by atoms with E-state index < -0.39 is 0 Å². The number of fused-ring (bicyclic) bond motifs is 1. The van der Waals surface area contributed by atoms with E-state index >= 15 is 0 Å². The van der Waals surface area contributed by atoms with Crippen molar-refractivity contribution in [3.63, 3.8) is 0 Å². The van der Waals surface area contributed by atoms with Gasteiger partial charge in [0, 0.05) is 57.1 Å². The smallest absolute Gasteiger partial charge is 0.135 e. The van der Waals surface area contributed by atoms with Crippen molar-refractivity contribution in [1.82, 2.24) is 24.8 Å². The Morgan fingerprint density at radius 2 is 1.88 bits per heavy atom. The summed E-state index contributed by atoms with van der Waals surface area (Å²) in [6.45, 7) is 9.16. The van der Waals surface area contributed by atoms with Crippen LogP contribution >= 0.6 is 0 Å². The summed E-state index contributed by atoms with van der Waals surface area (Å²) in [5.41, 5.74) is 4.75. The van der Waals surface area contributed by atoms with E-state index in [1.807, 2.05) is 13.0 Å². The number of anilines is 1. The molecule has 2 aliphatic rings. The van der Waals surface area contributed by atoms with Crippen molar-refractivity contribution in [1.29, 1.82) is 0 Å². The molecule has 2 aromatic heterocycles. The number of aryl methyl sites for hydroxylation is 1. The molecule has 2 aliphatic heterocycles. The first-order valence-electron chi connectivity index (χ1n) is 9.10. The Hall–Kier alpha value is -2.05. The minimum Gasteiger partial charge on any atom is -0.354 e. The molecule has 0 amide bonds. The van der Waals surface area contributed by atoms with E-state index in [9.17, 15) is 0 Å². The molecule has 1 fully saturated rings. The summed E-state index contributed by atoms with van der Waals surface area (Å²) < 4.78 is 0. The second kappa shape index (κ2) is 7.06. The van der Waals surface area contributed by atoms with E-state index in [2.05, 4.69) is 48.8 Å². The fraction of sp³-hybridized carbons (Fsp3) is 0.526. The van der Waals surface area contributed by atoms with Gasteiger partial charge in [0.05, 0.1) is 11.4 Å². The lowest BCUT2D eigenvalue weighted by molar-refractivity contribution is 0.238. The van der Waals surface area contributed by atoms with Crippen LogP contribution in [0.25, 0.3) is 0 Å². The number of likely N-dealkylation sites (N-methyl/N-ethyl adjacent to an activating group) is 1. The van der Waals surface area contributed by atoms with Gasteiger partial charge in [-0.2, -0.15) is 0 Å². The predicted octanol–water partition coefficient (Wildman–Crippen LogP) is 1.49. The summed E-state index contributed by atoms with van der Waals surface area (Å²) in [6.07, 6.45) is 2.75. The van der Waals surface area contributed by atoms with Crippen molar-refractivity contribution >= 4 is 5.82 Å². The molecule has 0 N–H and O–H groups in total. The molecule has 6 nitrogen and oxygen atoms in total. The molecule has 0 spiro atoms. The van der Waals surface area contributed by atoms with Gasteiger partial charge in [-0.3, -0.25) is 9.88 Å². The topological polar surface area (TPSA) is 48.4 Å². The summed E-state index contributed by atoms with van der Waals surface area (Å²) in [4.78, 5) is 21.1. The predicted molar refractivity (Wildman–Crippen MR) is 98.5 cm³/mol. The first-order chi connectivity index (χ1) is 12.2. The van der Waals surface area contributed by atoms with Crippen LogP contribution in [-0.2, 0) is 19.5 Å². The molecule has 25 heavy (non-hydrogen) atoms. The number of piperazine rings is 1. The van der Waals surface area contributed by atoms with Crippen molar-refractivity contribution in [2.75, 3.05) is 44.7 Å². The number of rotatable bonds is 3. The zero-order valence-corrected chi connectivity index (χ0v) is 15.1. The Kier molecular flexibility index (Phi) is 4.63. The summed E-state index contributed by atoms with van der Waals surface area (Å²) in [7, 11) is 2.18. The number of nitrogens with zero attached hydrogens (tertiary/aromatic N) is 6. The first kappa shape index (κ1) is 16.4. The van der Waals surface area contributed by atoms with Gasteiger partial charge in [-0.1, -0.05) is 6.07 Å². The zero-order valence-electron chi connectivity index (χ0n) is 15.1. The molecule has 0 bridgehead atoms. The highest BCUT2D eigenvalue weighted by Gasteiger charge is 2.25. The molecule has 1 saturated heterocycles. The zero-order chi connectivity index (χ0) is 17.2. The Morgan fingerprint density at radius 1 is 1.04 bits per heavy atom. The van der Waals surface area contributed by atoms with Crippen molar-refractivity contribution in [2.24, 2.45) is 0 Å². The Bertz CT molecular complexity index is 738. The molecule has 2 aromatic rings. The largest absolute Gasteiger partial charge is 0.354 e. The standard InChI is InChI=1S/C19H26N6/c1-15-4-3-5-16(22-15)12-24-7-6-17-18(13-24)20-14-21-19(17)25-10-8-23(2)9-11-25/h3-5,14H,6-13H2,1-2H3. The van der Waals surface area contributed by atoms with Gasteiger partial charge in [-0.25, -0.2) is 9.97 Å². The van der Waals surface area contributed by atoms with E-state index in [4.69, 9.17) is 0 Å². The van der Waals surface area contributed by atoms with Crippen LogP contribution in [0.3, 0.4) is 0 Å². The second-order valence-electron chi connectivity index (χ2n) is 7.14. The van der Waals surface area contributed by atoms with Gasteiger partial charge >= 0.3 is 0 Å². The van der Waals surface area contributed by atoms with Crippen LogP contribution in [0.2, 0.25) is 0 Å². The molecule has 0 saturated carbocycles. The van der Waals surface area contributed by atoms with Gasteiger partial charge in [0.25, 0.3) is 0 Å². The van der Waals surface area contributed by atoms with Crippen LogP contribution in [-0.4, -0.2) is 64.5 Å². The molecule has 0 aromatic carbocycles. The van der Waals surface area contributed by atoms with Crippen molar-refractivity contribution in [2.45, 2.75) is 26.4 Å². The molecule has 0 unspecified atom stereocenters. The molecule has 6 heteroatoms. The fourth-order valence-electron chi connectivity index (χ4n) is 3.73. The van der Waals surface area contributed by atoms with Gasteiger partial charge in [-0.15, -0.1) is 0 Å². The molecular formula is C19H26N6. The molecule has 0 aliphatic carbocycles. The number of aromatic nitrogens is 3. The molecule has 4 rings (SSSR count). The number of hydrogen-bond donors (Lipinski definition) is 0. The molecule has 132 valence electrons. The monoisotopic (exact) mass is 338 g/mol. The maximum Gasteiger partial charge on any atom is 0.135 e. The van der Waals surface area contributed by atoms with Crippen molar-refractivity contribution in [3.05, 3.63) is 47.2 Å². The number of hydrogen-bond acceptors (Lipinski definition) is 6.